The Morgan fingerprint density at radius 1 is 1.14 bits per heavy atom. The molecular formula is C18H20BrNO2. The van der Waals surface area contributed by atoms with Crippen molar-refractivity contribution in [3.05, 3.63) is 64.6 Å². The predicted molar refractivity (Wildman–Crippen MR) is 92.0 cm³/mol. The molecule has 0 radical (unpaired) electrons. The van der Waals surface area contributed by atoms with Gasteiger partial charge in [-0.3, -0.25) is 4.79 Å². The summed E-state index contributed by atoms with van der Waals surface area (Å²) in [6.07, 6.45) is 1.26. The summed E-state index contributed by atoms with van der Waals surface area (Å²) in [4.78, 5) is 13.8. The van der Waals surface area contributed by atoms with Crippen LogP contribution >= 0.6 is 15.9 Å². The maximum Gasteiger partial charge on any atom is 0.222 e. The van der Waals surface area contributed by atoms with Gasteiger partial charge >= 0.3 is 0 Å². The summed E-state index contributed by atoms with van der Waals surface area (Å²) in [7, 11) is 1.82. The topological polar surface area (TPSA) is 29.5 Å². The second-order valence-electron chi connectivity index (χ2n) is 5.11. The number of carbonyl (C=O) groups is 1. The van der Waals surface area contributed by atoms with Crippen molar-refractivity contribution >= 4 is 21.8 Å². The van der Waals surface area contributed by atoms with Gasteiger partial charge in [0.2, 0.25) is 5.91 Å². The molecule has 0 heterocycles. The van der Waals surface area contributed by atoms with E-state index in [2.05, 4.69) is 15.9 Å². The summed E-state index contributed by atoms with van der Waals surface area (Å²) in [5, 5.41) is 0. The third-order valence-corrected chi connectivity index (χ3v) is 3.87. The first-order valence-electron chi connectivity index (χ1n) is 7.31. The first-order valence-corrected chi connectivity index (χ1v) is 8.11. The molecule has 0 bridgehead atoms. The number of benzene rings is 2. The molecular weight excluding hydrogens is 342 g/mol. The van der Waals surface area contributed by atoms with E-state index < -0.39 is 0 Å². The summed E-state index contributed by atoms with van der Waals surface area (Å²) in [6, 6.07) is 17.7. The van der Waals surface area contributed by atoms with Gasteiger partial charge in [0.05, 0.1) is 6.54 Å². The quantitative estimate of drug-likeness (QED) is 0.747. The number of halogens is 1. The Bertz CT molecular complexity index is 601. The Labute approximate surface area is 140 Å². The minimum Gasteiger partial charge on any atom is -0.492 e. The molecule has 1 amide bonds. The summed E-state index contributed by atoms with van der Waals surface area (Å²) in [6.45, 7) is 1.09. The smallest absolute Gasteiger partial charge is 0.222 e. The van der Waals surface area contributed by atoms with E-state index in [1.54, 1.807) is 4.90 Å². The Balaban J connectivity index is 1.70. The van der Waals surface area contributed by atoms with Gasteiger partial charge in [-0.25, -0.2) is 0 Å². The van der Waals surface area contributed by atoms with Crippen LogP contribution in [0.25, 0.3) is 0 Å². The molecule has 0 saturated heterocycles. The molecule has 0 unspecified atom stereocenters. The Morgan fingerprint density at radius 2 is 1.91 bits per heavy atom. The van der Waals surface area contributed by atoms with Gasteiger partial charge in [0.15, 0.2) is 0 Å². The van der Waals surface area contributed by atoms with Gasteiger partial charge in [-0.2, -0.15) is 0 Å². The standard InChI is InChI=1S/C18H20BrNO2/c1-20(12-13-22-17-8-3-2-4-9-17)18(21)11-10-15-6-5-7-16(19)14-15/h2-9,14H,10-13H2,1H3. The highest BCUT2D eigenvalue weighted by Gasteiger charge is 2.09. The van der Waals surface area contributed by atoms with E-state index in [0.717, 1.165) is 22.2 Å². The van der Waals surface area contributed by atoms with Crippen molar-refractivity contribution in [3.8, 4) is 5.75 Å². The van der Waals surface area contributed by atoms with E-state index in [4.69, 9.17) is 4.74 Å². The lowest BCUT2D eigenvalue weighted by Gasteiger charge is -2.17. The fraction of sp³-hybridized carbons (Fsp3) is 0.278. The largest absolute Gasteiger partial charge is 0.492 e. The predicted octanol–water partition coefficient (Wildman–Crippen LogP) is 3.92. The van der Waals surface area contributed by atoms with Crippen LogP contribution in [0, 0.1) is 0 Å². The fourth-order valence-electron chi connectivity index (χ4n) is 2.08. The number of rotatable bonds is 7. The van der Waals surface area contributed by atoms with E-state index in [1.165, 1.54) is 0 Å². The third-order valence-electron chi connectivity index (χ3n) is 3.38. The summed E-state index contributed by atoms with van der Waals surface area (Å²) in [5.41, 5.74) is 1.16. The third kappa shape index (κ3) is 5.53. The molecule has 4 heteroatoms. The highest BCUT2D eigenvalue weighted by Crippen LogP contribution is 2.13. The van der Waals surface area contributed by atoms with Crippen molar-refractivity contribution in [1.82, 2.24) is 4.90 Å². The van der Waals surface area contributed by atoms with Crippen molar-refractivity contribution in [3.63, 3.8) is 0 Å². The zero-order chi connectivity index (χ0) is 15.8. The number of aryl methyl sites for hydroxylation is 1. The molecule has 0 N–H and O–H groups in total. The van der Waals surface area contributed by atoms with Crippen molar-refractivity contribution in [2.75, 3.05) is 20.2 Å². The van der Waals surface area contributed by atoms with Crippen LogP contribution in [-0.2, 0) is 11.2 Å². The average molecular weight is 362 g/mol. The Hall–Kier alpha value is -1.81. The van der Waals surface area contributed by atoms with Crippen LogP contribution in [-0.4, -0.2) is 31.0 Å². The van der Waals surface area contributed by atoms with E-state index in [9.17, 15) is 4.79 Å². The molecule has 116 valence electrons. The molecule has 0 aliphatic carbocycles. The summed E-state index contributed by atoms with van der Waals surface area (Å²) in [5.74, 6) is 0.967. The molecule has 2 rings (SSSR count). The molecule has 0 aliphatic heterocycles. The molecule has 3 nitrogen and oxygen atoms in total. The normalized spacial score (nSPS) is 10.3. The van der Waals surface area contributed by atoms with Crippen LogP contribution in [0.15, 0.2) is 59.1 Å². The SMILES string of the molecule is CN(CCOc1ccccc1)C(=O)CCc1cccc(Br)c1. The number of likely N-dealkylation sites (N-methyl/N-ethyl adjacent to an activating group) is 1. The van der Waals surface area contributed by atoms with E-state index in [1.807, 2.05) is 61.6 Å². The van der Waals surface area contributed by atoms with Gasteiger partial charge in [-0.15, -0.1) is 0 Å². The Kier molecular flexibility index (Phi) is 6.46. The van der Waals surface area contributed by atoms with E-state index in [0.29, 0.717) is 19.6 Å². The fourth-order valence-corrected chi connectivity index (χ4v) is 2.52. The zero-order valence-corrected chi connectivity index (χ0v) is 14.3. The van der Waals surface area contributed by atoms with Crippen molar-refractivity contribution in [2.45, 2.75) is 12.8 Å². The molecule has 0 spiro atoms. The lowest BCUT2D eigenvalue weighted by atomic mass is 10.1. The zero-order valence-electron chi connectivity index (χ0n) is 12.7. The van der Waals surface area contributed by atoms with Crippen molar-refractivity contribution < 1.29 is 9.53 Å². The highest BCUT2D eigenvalue weighted by molar-refractivity contribution is 9.10. The first-order chi connectivity index (χ1) is 10.6. The number of carbonyl (C=O) groups excluding carboxylic acids is 1. The summed E-state index contributed by atoms with van der Waals surface area (Å²) < 4.78 is 6.65. The van der Waals surface area contributed by atoms with E-state index >= 15 is 0 Å². The van der Waals surface area contributed by atoms with Crippen LogP contribution in [0.4, 0.5) is 0 Å². The molecule has 0 atom stereocenters. The highest BCUT2D eigenvalue weighted by atomic mass is 79.9. The lowest BCUT2D eigenvalue weighted by Crippen LogP contribution is -2.31. The van der Waals surface area contributed by atoms with Gasteiger partial charge in [-0.05, 0) is 36.2 Å². The first kappa shape index (κ1) is 16.6. The van der Waals surface area contributed by atoms with Gasteiger partial charge < -0.3 is 9.64 Å². The monoisotopic (exact) mass is 361 g/mol. The lowest BCUT2D eigenvalue weighted by molar-refractivity contribution is -0.130. The number of ether oxygens (including phenoxy) is 1. The second kappa shape index (κ2) is 8.59. The molecule has 0 saturated carbocycles. The molecule has 22 heavy (non-hydrogen) atoms. The minimum absolute atomic E-state index is 0.136. The van der Waals surface area contributed by atoms with Crippen LogP contribution in [0.5, 0.6) is 5.75 Å². The Morgan fingerprint density at radius 3 is 2.64 bits per heavy atom. The van der Waals surface area contributed by atoms with Crippen molar-refractivity contribution in [1.29, 1.82) is 0 Å². The second-order valence-corrected chi connectivity index (χ2v) is 6.02. The van der Waals surface area contributed by atoms with Crippen LogP contribution in [0.2, 0.25) is 0 Å². The number of amides is 1. The van der Waals surface area contributed by atoms with Crippen LogP contribution in [0.3, 0.4) is 0 Å². The van der Waals surface area contributed by atoms with Gasteiger partial charge in [0.25, 0.3) is 0 Å². The molecule has 0 aliphatic rings. The molecule has 2 aromatic rings. The van der Waals surface area contributed by atoms with E-state index in [-0.39, 0.29) is 5.91 Å². The summed E-state index contributed by atoms with van der Waals surface area (Å²) >= 11 is 3.44. The maximum absolute atomic E-state index is 12.1. The number of hydrogen-bond acceptors (Lipinski definition) is 2. The van der Waals surface area contributed by atoms with Gasteiger partial charge in [0.1, 0.15) is 12.4 Å². The molecule has 2 aromatic carbocycles. The van der Waals surface area contributed by atoms with Crippen LogP contribution in [0.1, 0.15) is 12.0 Å². The number of nitrogens with zero attached hydrogens (tertiary/aromatic N) is 1. The van der Waals surface area contributed by atoms with Gasteiger partial charge in [0, 0.05) is 17.9 Å². The average Bonchev–Trinajstić information content (AvgIpc) is 2.53. The molecule has 0 fully saturated rings. The maximum atomic E-state index is 12.1. The van der Waals surface area contributed by atoms with Crippen LogP contribution < -0.4 is 4.74 Å². The minimum atomic E-state index is 0.136. The number of para-hydroxylation sites is 1. The van der Waals surface area contributed by atoms with Gasteiger partial charge in [-0.1, -0.05) is 46.3 Å². The number of hydrogen-bond donors (Lipinski definition) is 0. The molecule has 0 aromatic heterocycles. The van der Waals surface area contributed by atoms with Crippen molar-refractivity contribution in [2.24, 2.45) is 0 Å².